The monoisotopic (exact) mass is 267 g/mol. The molecule has 1 N–H and O–H groups in total. The lowest BCUT2D eigenvalue weighted by molar-refractivity contribution is -0.000437. The minimum atomic E-state index is -1.01. The number of aromatic carboxylic acids is 1. The first-order valence-electron chi connectivity index (χ1n) is 6.01. The number of carboxylic acids is 1. The normalized spacial score (nSPS) is 16.1. The molecule has 1 aromatic rings. The lowest BCUT2D eigenvalue weighted by Crippen LogP contribution is -2.52. The fourth-order valence-corrected chi connectivity index (χ4v) is 1.75. The van der Waals surface area contributed by atoms with Gasteiger partial charge in [-0.3, -0.25) is 4.68 Å². The van der Waals surface area contributed by atoms with Crippen molar-refractivity contribution in [2.24, 2.45) is 0 Å². The molecule has 7 nitrogen and oxygen atoms in total. The van der Waals surface area contributed by atoms with E-state index in [2.05, 4.69) is 5.10 Å². The van der Waals surface area contributed by atoms with Crippen LogP contribution in [0.25, 0.3) is 0 Å². The minimum Gasteiger partial charge on any atom is -0.478 e. The number of hydrogen-bond acceptors (Lipinski definition) is 4. The first kappa shape index (κ1) is 13.4. The number of amides is 1. The van der Waals surface area contributed by atoms with Crippen LogP contribution in [0.1, 0.15) is 37.2 Å². The zero-order valence-electron chi connectivity index (χ0n) is 11.2. The number of nitrogens with zero attached hydrogens (tertiary/aromatic N) is 3. The summed E-state index contributed by atoms with van der Waals surface area (Å²) in [7, 11) is 0. The van der Waals surface area contributed by atoms with Crippen molar-refractivity contribution in [2.75, 3.05) is 13.1 Å². The molecule has 104 valence electrons. The molecule has 2 heterocycles. The third-order valence-corrected chi connectivity index (χ3v) is 2.74. The van der Waals surface area contributed by atoms with Crippen LogP contribution in [0.5, 0.6) is 0 Å². The molecule has 0 radical (unpaired) electrons. The zero-order chi connectivity index (χ0) is 14.2. The second kappa shape index (κ2) is 4.56. The Hall–Kier alpha value is -2.05. The highest BCUT2D eigenvalue weighted by Gasteiger charge is 2.35. The number of likely N-dealkylation sites (tertiary alicyclic amines) is 1. The lowest BCUT2D eigenvalue weighted by Gasteiger charge is -2.39. The summed E-state index contributed by atoms with van der Waals surface area (Å²) in [4.78, 5) is 24.0. The van der Waals surface area contributed by atoms with Crippen LogP contribution < -0.4 is 0 Å². The van der Waals surface area contributed by atoms with Gasteiger partial charge in [0.05, 0.1) is 17.8 Å². The Kier molecular flexibility index (Phi) is 3.21. The molecule has 2 rings (SSSR count). The molecule has 0 unspecified atom stereocenters. The standard InChI is InChI=1S/C12H17N3O4/c1-12(2,3)19-11(18)14-6-9(7-14)15-5-8(4-13-15)10(16)17/h4-5,9H,6-7H2,1-3H3,(H,16,17). The number of carbonyl (C=O) groups is 2. The zero-order valence-corrected chi connectivity index (χ0v) is 11.2. The van der Waals surface area contributed by atoms with Crippen molar-refractivity contribution in [1.82, 2.24) is 14.7 Å². The number of aromatic nitrogens is 2. The molecule has 1 amide bonds. The van der Waals surface area contributed by atoms with Crippen LogP contribution in [-0.2, 0) is 4.74 Å². The van der Waals surface area contributed by atoms with E-state index in [0.717, 1.165) is 0 Å². The van der Waals surface area contributed by atoms with Gasteiger partial charge in [0.15, 0.2) is 0 Å². The van der Waals surface area contributed by atoms with Crippen LogP contribution in [0, 0.1) is 0 Å². The molecule has 0 spiro atoms. The lowest BCUT2D eigenvalue weighted by atomic mass is 10.1. The van der Waals surface area contributed by atoms with Gasteiger partial charge in [0.2, 0.25) is 0 Å². The molecule has 0 aliphatic carbocycles. The first-order valence-corrected chi connectivity index (χ1v) is 6.01. The molecule has 1 saturated heterocycles. The van der Waals surface area contributed by atoms with Crippen LogP contribution in [0.15, 0.2) is 12.4 Å². The molecular weight excluding hydrogens is 250 g/mol. The van der Waals surface area contributed by atoms with Crippen molar-refractivity contribution in [2.45, 2.75) is 32.4 Å². The highest BCUT2D eigenvalue weighted by Crippen LogP contribution is 2.23. The summed E-state index contributed by atoms with van der Waals surface area (Å²) in [5, 5.41) is 12.8. The molecule has 0 bridgehead atoms. The van der Waals surface area contributed by atoms with E-state index >= 15 is 0 Å². The van der Waals surface area contributed by atoms with Crippen LogP contribution >= 0.6 is 0 Å². The minimum absolute atomic E-state index is 0.0145. The van der Waals surface area contributed by atoms with Crippen LogP contribution in [0.2, 0.25) is 0 Å². The SMILES string of the molecule is CC(C)(C)OC(=O)N1CC(n2cc(C(=O)O)cn2)C1. The number of rotatable bonds is 2. The maximum absolute atomic E-state index is 11.7. The fourth-order valence-electron chi connectivity index (χ4n) is 1.75. The topological polar surface area (TPSA) is 84.7 Å². The average Bonchev–Trinajstić information content (AvgIpc) is 2.61. The van der Waals surface area contributed by atoms with Gasteiger partial charge in [-0.1, -0.05) is 0 Å². The Bertz CT molecular complexity index is 497. The molecule has 1 aliphatic rings. The van der Waals surface area contributed by atoms with Crippen LogP contribution in [-0.4, -0.2) is 50.5 Å². The Labute approximate surface area is 110 Å². The third kappa shape index (κ3) is 3.04. The smallest absolute Gasteiger partial charge is 0.410 e. The van der Waals surface area contributed by atoms with Crippen LogP contribution in [0.3, 0.4) is 0 Å². The summed E-state index contributed by atoms with van der Waals surface area (Å²) < 4.78 is 6.81. The Morgan fingerprint density at radius 2 is 2.05 bits per heavy atom. The van der Waals surface area contributed by atoms with E-state index in [-0.39, 0.29) is 17.7 Å². The number of carbonyl (C=O) groups excluding carboxylic acids is 1. The van der Waals surface area contributed by atoms with Crippen molar-refractivity contribution >= 4 is 12.1 Å². The summed E-state index contributed by atoms with van der Waals surface area (Å²) in [5.74, 6) is -1.01. The van der Waals surface area contributed by atoms with Gasteiger partial charge in [-0.05, 0) is 20.8 Å². The molecule has 0 aromatic carbocycles. The number of carboxylic acid groups (broad SMARTS) is 1. The van der Waals surface area contributed by atoms with Gasteiger partial charge in [0.1, 0.15) is 5.60 Å². The van der Waals surface area contributed by atoms with E-state index in [0.29, 0.717) is 13.1 Å². The van der Waals surface area contributed by atoms with Crippen LogP contribution in [0.4, 0.5) is 4.79 Å². The fraction of sp³-hybridized carbons (Fsp3) is 0.583. The van der Waals surface area contributed by atoms with Crippen molar-refractivity contribution in [3.05, 3.63) is 18.0 Å². The Morgan fingerprint density at radius 1 is 1.42 bits per heavy atom. The maximum Gasteiger partial charge on any atom is 0.410 e. The third-order valence-electron chi connectivity index (χ3n) is 2.74. The number of hydrogen-bond donors (Lipinski definition) is 1. The van der Waals surface area contributed by atoms with Crippen molar-refractivity contribution in [1.29, 1.82) is 0 Å². The summed E-state index contributed by atoms with van der Waals surface area (Å²) in [5.41, 5.74) is -0.361. The van der Waals surface area contributed by atoms with Gasteiger partial charge in [-0.15, -0.1) is 0 Å². The molecule has 1 aromatic heterocycles. The summed E-state index contributed by atoms with van der Waals surface area (Å²) in [6, 6.07) is 0.0145. The highest BCUT2D eigenvalue weighted by molar-refractivity contribution is 5.86. The van der Waals surface area contributed by atoms with E-state index in [1.54, 1.807) is 9.58 Å². The molecule has 0 saturated carbocycles. The highest BCUT2D eigenvalue weighted by atomic mass is 16.6. The summed E-state index contributed by atoms with van der Waals surface area (Å²) in [6.45, 7) is 6.41. The van der Waals surface area contributed by atoms with Crippen molar-refractivity contribution in [3.63, 3.8) is 0 Å². The Balaban J connectivity index is 1.89. The van der Waals surface area contributed by atoms with Gasteiger partial charge in [-0.25, -0.2) is 9.59 Å². The van der Waals surface area contributed by atoms with E-state index in [9.17, 15) is 9.59 Å². The van der Waals surface area contributed by atoms with E-state index in [1.165, 1.54) is 12.4 Å². The maximum atomic E-state index is 11.7. The molecule has 1 aliphatic heterocycles. The van der Waals surface area contributed by atoms with Gasteiger partial charge in [-0.2, -0.15) is 5.10 Å². The molecule has 1 fully saturated rings. The van der Waals surface area contributed by atoms with Gasteiger partial charge in [0, 0.05) is 19.3 Å². The molecule has 19 heavy (non-hydrogen) atoms. The molecular formula is C12H17N3O4. The van der Waals surface area contributed by atoms with E-state index in [4.69, 9.17) is 9.84 Å². The molecule has 0 atom stereocenters. The van der Waals surface area contributed by atoms with E-state index in [1.807, 2.05) is 20.8 Å². The second-order valence-corrected chi connectivity index (χ2v) is 5.55. The van der Waals surface area contributed by atoms with Crippen molar-refractivity contribution in [3.8, 4) is 0 Å². The largest absolute Gasteiger partial charge is 0.478 e. The van der Waals surface area contributed by atoms with Crippen molar-refractivity contribution < 1.29 is 19.4 Å². The summed E-state index contributed by atoms with van der Waals surface area (Å²) in [6.07, 6.45) is 2.42. The van der Waals surface area contributed by atoms with Gasteiger partial charge < -0.3 is 14.7 Å². The molecule has 7 heteroatoms. The second-order valence-electron chi connectivity index (χ2n) is 5.55. The van der Waals surface area contributed by atoms with Gasteiger partial charge in [0.25, 0.3) is 0 Å². The summed E-state index contributed by atoms with van der Waals surface area (Å²) >= 11 is 0. The van der Waals surface area contributed by atoms with Gasteiger partial charge >= 0.3 is 12.1 Å². The average molecular weight is 267 g/mol. The van der Waals surface area contributed by atoms with E-state index < -0.39 is 11.6 Å². The predicted molar refractivity (Wildman–Crippen MR) is 66.0 cm³/mol. The number of ether oxygens (including phenoxy) is 1. The first-order chi connectivity index (χ1) is 8.76. The Morgan fingerprint density at radius 3 is 2.53 bits per heavy atom. The predicted octanol–water partition coefficient (Wildman–Crippen LogP) is 1.37. The quantitative estimate of drug-likeness (QED) is 0.874.